The summed E-state index contributed by atoms with van der Waals surface area (Å²) in [6, 6.07) is 6.90. The Bertz CT molecular complexity index is 775. The molecular formula is C14H10F3N3. The minimum atomic E-state index is -4.37. The lowest BCUT2D eigenvalue weighted by molar-refractivity contribution is -0.137. The first kappa shape index (κ1) is 12.7. The summed E-state index contributed by atoms with van der Waals surface area (Å²) < 4.78 is 38.3. The van der Waals surface area contributed by atoms with Gasteiger partial charge in [0.05, 0.1) is 11.3 Å². The lowest BCUT2D eigenvalue weighted by Gasteiger charge is -2.09. The molecule has 3 rings (SSSR count). The number of rotatable bonds is 1. The van der Waals surface area contributed by atoms with E-state index in [1.165, 1.54) is 6.07 Å². The fraction of sp³-hybridized carbons (Fsp3) is 0.143. The highest BCUT2D eigenvalue weighted by Gasteiger charge is 2.30. The number of fused-ring (bicyclic) bond motifs is 1. The second kappa shape index (κ2) is 4.33. The molecule has 1 N–H and O–H groups in total. The number of hydrogen-bond donors (Lipinski definition) is 1. The Labute approximate surface area is 112 Å². The molecule has 102 valence electrons. The van der Waals surface area contributed by atoms with Gasteiger partial charge < -0.3 is 4.98 Å². The van der Waals surface area contributed by atoms with Crippen LogP contribution in [0.25, 0.3) is 22.3 Å². The number of aromatic nitrogens is 3. The van der Waals surface area contributed by atoms with Crippen molar-refractivity contribution in [3.05, 3.63) is 47.9 Å². The zero-order chi connectivity index (χ0) is 14.3. The summed E-state index contributed by atoms with van der Waals surface area (Å²) in [6.07, 6.45) is -2.68. The van der Waals surface area contributed by atoms with E-state index in [4.69, 9.17) is 0 Å². The Morgan fingerprint density at radius 1 is 1.10 bits per heavy atom. The van der Waals surface area contributed by atoms with Crippen molar-refractivity contribution in [1.29, 1.82) is 0 Å². The SMILES string of the molecule is Cc1nc(-c2cccc(C(F)(F)F)c2)c2cc[nH]c2n1. The summed E-state index contributed by atoms with van der Waals surface area (Å²) in [4.78, 5) is 11.4. The first-order chi connectivity index (χ1) is 9.45. The van der Waals surface area contributed by atoms with E-state index in [9.17, 15) is 13.2 Å². The van der Waals surface area contributed by atoms with Crippen molar-refractivity contribution < 1.29 is 13.2 Å². The zero-order valence-electron chi connectivity index (χ0n) is 10.5. The molecule has 0 aliphatic carbocycles. The van der Waals surface area contributed by atoms with Gasteiger partial charge in [-0.15, -0.1) is 0 Å². The van der Waals surface area contributed by atoms with E-state index in [1.54, 1.807) is 25.3 Å². The molecule has 0 radical (unpaired) electrons. The van der Waals surface area contributed by atoms with Crippen LogP contribution in [0.4, 0.5) is 13.2 Å². The van der Waals surface area contributed by atoms with E-state index < -0.39 is 11.7 Å². The molecule has 0 atom stereocenters. The summed E-state index contributed by atoms with van der Waals surface area (Å²) in [5, 5.41) is 0.704. The first-order valence-corrected chi connectivity index (χ1v) is 5.94. The van der Waals surface area contributed by atoms with E-state index in [-0.39, 0.29) is 0 Å². The van der Waals surface area contributed by atoms with E-state index >= 15 is 0 Å². The molecule has 20 heavy (non-hydrogen) atoms. The van der Waals surface area contributed by atoms with Gasteiger partial charge in [-0.3, -0.25) is 0 Å². The van der Waals surface area contributed by atoms with Crippen molar-refractivity contribution in [2.45, 2.75) is 13.1 Å². The summed E-state index contributed by atoms with van der Waals surface area (Å²) in [5.74, 6) is 0.507. The number of nitrogens with one attached hydrogen (secondary N) is 1. The number of aryl methyl sites for hydroxylation is 1. The van der Waals surface area contributed by atoms with Gasteiger partial charge in [-0.05, 0) is 25.1 Å². The molecule has 0 saturated carbocycles. The van der Waals surface area contributed by atoms with Gasteiger partial charge >= 0.3 is 6.18 Å². The molecule has 0 amide bonds. The summed E-state index contributed by atoms with van der Waals surface area (Å²) in [5.41, 5.74) is 0.856. The second-order valence-electron chi connectivity index (χ2n) is 4.44. The molecule has 0 fully saturated rings. The standard InChI is InChI=1S/C14H10F3N3/c1-8-19-12(11-5-6-18-13(11)20-8)9-3-2-4-10(7-9)14(15,16)17/h2-7H,1H3,(H,18,19,20). The molecule has 0 aliphatic heterocycles. The van der Waals surface area contributed by atoms with Crippen LogP contribution in [0.5, 0.6) is 0 Å². The van der Waals surface area contributed by atoms with Gasteiger partial charge in [-0.25, -0.2) is 9.97 Å². The molecular weight excluding hydrogens is 267 g/mol. The van der Waals surface area contributed by atoms with E-state index in [0.717, 1.165) is 12.1 Å². The number of halogens is 3. The largest absolute Gasteiger partial charge is 0.416 e. The maximum Gasteiger partial charge on any atom is 0.416 e. The van der Waals surface area contributed by atoms with Gasteiger partial charge in [-0.1, -0.05) is 12.1 Å². The normalized spacial score (nSPS) is 12.0. The van der Waals surface area contributed by atoms with Crippen LogP contribution >= 0.6 is 0 Å². The number of hydrogen-bond acceptors (Lipinski definition) is 2. The van der Waals surface area contributed by atoms with Crippen LogP contribution in [0.3, 0.4) is 0 Å². The Hall–Kier alpha value is -2.37. The van der Waals surface area contributed by atoms with Crippen LogP contribution in [0.2, 0.25) is 0 Å². The number of H-pyrrole nitrogens is 1. The van der Waals surface area contributed by atoms with Crippen LogP contribution in [0.15, 0.2) is 36.5 Å². The zero-order valence-corrected chi connectivity index (χ0v) is 10.5. The Kier molecular flexibility index (Phi) is 2.74. The van der Waals surface area contributed by atoms with E-state index in [1.807, 2.05) is 0 Å². The predicted molar refractivity (Wildman–Crippen MR) is 69.1 cm³/mol. The van der Waals surface area contributed by atoms with Crippen molar-refractivity contribution in [2.24, 2.45) is 0 Å². The van der Waals surface area contributed by atoms with Crippen molar-refractivity contribution in [3.63, 3.8) is 0 Å². The highest BCUT2D eigenvalue weighted by molar-refractivity contribution is 5.90. The number of alkyl halides is 3. The summed E-state index contributed by atoms with van der Waals surface area (Å²) in [6.45, 7) is 1.71. The molecule has 3 nitrogen and oxygen atoms in total. The van der Waals surface area contributed by atoms with Crippen LogP contribution < -0.4 is 0 Å². The number of nitrogens with zero attached hydrogens (tertiary/aromatic N) is 2. The number of benzene rings is 1. The average Bonchev–Trinajstić information content (AvgIpc) is 2.85. The van der Waals surface area contributed by atoms with Gasteiger partial charge in [0, 0.05) is 17.1 Å². The smallest absolute Gasteiger partial charge is 0.346 e. The molecule has 0 unspecified atom stereocenters. The van der Waals surface area contributed by atoms with Gasteiger partial charge in [-0.2, -0.15) is 13.2 Å². The topological polar surface area (TPSA) is 41.6 Å². The monoisotopic (exact) mass is 277 g/mol. The minimum absolute atomic E-state index is 0.426. The van der Waals surface area contributed by atoms with Gasteiger partial charge in [0.2, 0.25) is 0 Å². The molecule has 1 aromatic carbocycles. The van der Waals surface area contributed by atoms with Crippen molar-refractivity contribution in [2.75, 3.05) is 0 Å². The maximum atomic E-state index is 12.8. The molecule has 2 aromatic heterocycles. The first-order valence-electron chi connectivity index (χ1n) is 5.94. The molecule has 0 aliphatic rings. The summed E-state index contributed by atoms with van der Waals surface area (Å²) >= 11 is 0. The molecule has 3 aromatic rings. The Morgan fingerprint density at radius 3 is 2.65 bits per heavy atom. The predicted octanol–water partition coefficient (Wildman–Crippen LogP) is 3.95. The highest BCUT2D eigenvalue weighted by Crippen LogP contribution is 2.33. The van der Waals surface area contributed by atoms with Crippen LogP contribution in [-0.2, 0) is 6.18 Å². The fourth-order valence-corrected chi connectivity index (χ4v) is 2.12. The molecule has 0 spiro atoms. The molecule has 6 heteroatoms. The lowest BCUT2D eigenvalue weighted by Crippen LogP contribution is -2.04. The van der Waals surface area contributed by atoms with Crippen LogP contribution in [0, 0.1) is 6.92 Å². The van der Waals surface area contributed by atoms with Crippen molar-refractivity contribution in [3.8, 4) is 11.3 Å². The van der Waals surface area contributed by atoms with E-state index in [0.29, 0.717) is 28.1 Å². The van der Waals surface area contributed by atoms with Crippen LogP contribution in [-0.4, -0.2) is 15.0 Å². The van der Waals surface area contributed by atoms with Gasteiger partial charge in [0.15, 0.2) is 0 Å². The van der Waals surface area contributed by atoms with Crippen LogP contribution in [0.1, 0.15) is 11.4 Å². The van der Waals surface area contributed by atoms with Crippen molar-refractivity contribution in [1.82, 2.24) is 15.0 Å². The maximum absolute atomic E-state index is 12.8. The number of aromatic amines is 1. The van der Waals surface area contributed by atoms with Gasteiger partial charge in [0.1, 0.15) is 11.5 Å². The average molecular weight is 277 g/mol. The fourth-order valence-electron chi connectivity index (χ4n) is 2.12. The third-order valence-corrected chi connectivity index (χ3v) is 2.99. The van der Waals surface area contributed by atoms with E-state index in [2.05, 4.69) is 15.0 Å². The third kappa shape index (κ3) is 2.13. The quantitative estimate of drug-likeness (QED) is 0.731. The summed E-state index contributed by atoms with van der Waals surface area (Å²) in [7, 11) is 0. The third-order valence-electron chi connectivity index (χ3n) is 2.99. The molecule has 0 bridgehead atoms. The van der Waals surface area contributed by atoms with Gasteiger partial charge in [0.25, 0.3) is 0 Å². The Morgan fingerprint density at radius 2 is 1.90 bits per heavy atom. The lowest BCUT2D eigenvalue weighted by atomic mass is 10.1. The highest BCUT2D eigenvalue weighted by atomic mass is 19.4. The van der Waals surface area contributed by atoms with Crippen molar-refractivity contribution >= 4 is 11.0 Å². The Balaban J connectivity index is 2.23. The molecule has 2 heterocycles. The second-order valence-corrected chi connectivity index (χ2v) is 4.44. The minimum Gasteiger partial charge on any atom is -0.346 e. The molecule has 0 saturated heterocycles.